The van der Waals surface area contributed by atoms with Crippen molar-refractivity contribution in [3.05, 3.63) is 47.3 Å². The number of carbonyl (C=O) groups is 1. The molecule has 0 fully saturated rings. The summed E-state index contributed by atoms with van der Waals surface area (Å²) < 4.78 is 1.71. The molecule has 2 aromatic rings. The molecule has 0 bridgehead atoms. The molecule has 1 aliphatic heterocycles. The van der Waals surface area contributed by atoms with Crippen LogP contribution in [-0.4, -0.2) is 20.9 Å². The number of carboxylic acid groups (broad SMARTS) is 1. The Morgan fingerprint density at radius 1 is 1.29 bits per heavy atom. The van der Waals surface area contributed by atoms with E-state index in [1.54, 1.807) is 4.68 Å². The van der Waals surface area contributed by atoms with Crippen LogP contribution in [0.25, 0.3) is 5.69 Å². The number of fused-ring (bicyclic) bond motifs is 1. The molecule has 5 nitrogen and oxygen atoms in total. The van der Waals surface area contributed by atoms with E-state index in [4.69, 9.17) is 5.11 Å². The largest absolute Gasteiger partial charge is 0.476 e. The maximum atomic E-state index is 11.1. The molecule has 0 radical (unpaired) electrons. The van der Waals surface area contributed by atoms with E-state index in [1.807, 2.05) is 30.3 Å². The van der Waals surface area contributed by atoms with Crippen LogP contribution < -0.4 is 5.32 Å². The zero-order valence-corrected chi connectivity index (χ0v) is 9.05. The number of hydrogen-bond acceptors (Lipinski definition) is 3. The van der Waals surface area contributed by atoms with Gasteiger partial charge in [0.15, 0.2) is 5.69 Å². The topological polar surface area (TPSA) is 67.1 Å². The van der Waals surface area contributed by atoms with Crippen molar-refractivity contribution in [3.63, 3.8) is 0 Å². The van der Waals surface area contributed by atoms with Crippen LogP contribution in [0.1, 0.15) is 21.7 Å². The number of carboxylic acids is 1. The molecule has 1 aromatic heterocycles. The number of rotatable bonds is 2. The van der Waals surface area contributed by atoms with E-state index in [9.17, 15) is 4.79 Å². The summed E-state index contributed by atoms with van der Waals surface area (Å²) in [5.41, 5.74) is 2.77. The first kappa shape index (κ1) is 10.0. The molecule has 1 aromatic carbocycles. The van der Waals surface area contributed by atoms with Gasteiger partial charge in [-0.05, 0) is 12.1 Å². The summed E-state index contributed by atoms with van der Waals surface area (Å²) in [5, 5.41) is 16.4. The monoisotopic (exact) mass is 229 g/mol. The minimum absolute atomic E-state index is 0.147. The summed E-state index contributed by atoms with van der Waals surface area (Å²) >= 11 is 0. The van der Waals surface area contributed by atoms with Gasteiger partial charge in [0.05, 0.1) is 11.4 Å². The van der Waals surface area contributed by atoms with Gasteiger partial charge in [0, 0.05) is 18.7 Å². The molecular formula is C12H11N3O2. The first-order chi connectivity index (χ1) is 8.27. The lowest BCUT2D eigenvalue weighted by molar-refractivity contribution is 0.0688. The molecule has 0 saturated carbocycles. The fourth-order valence-corrected chi connectivity index (χ4v) is 2.11. The van der Waals surface area contributed by atoms with Crippen LogP contribution in [0.4, 0.5) is 0 Å². The van der Waals surface area contributed by atoms with Crippen molar-refractivity contribution < 1.29 is 9.90 Å². The number of benzene rings is 1. The van der Waals surface area contributed by atoms with Gasteiger partial charge < -0.3 is 10.4 Å². The maximum absolute atomic E-state index is 11.1. The maximum Gasteiger partial charge on any atom is 0.356 e. The molecule has 86 valence electrons. The molecular weight excluding hydrogens is 218 g/mol. The fraction of sp³-hybridized carbons (Fsp3) is 0.167. The zero-order chi connectivity index (χ0) is 11.8. The number of nitrogens with one attached hydrogen (secondary N) is 1. The van der Waals surface area contributed by atoms with Gasteiger partial charge in [0.1, 0.15) is 0 Å². The normalized spacial score (nSPS) is 13.6. The summed E-state index contributed by atoms with van der Waals surface area (Å²) in [4.78, 5) is 11.1. The van der Waals surface area contributed by atoms with Crippen LogP contribution >= 0.6 is 0 Å². The third-order valence-corrected chi connectivity index (χ3v) is 2.89. The van der Waals surface area contributed by atoms with E-state index in [0.29, 0.717) is 13.1 Å². The second kappa shape index (κ2) is 3.71. The summed E-state index contributed by atoms with van der Waals surface area (Å²) in [6.07, 6.45) is 0. The van der Waals surface area contributed by atoms with Crippen molar-refractivity contribution in [2.75, 3.05) is 0 Å². The van der Waals surface area contributed by atoms with Crippen molar-refractivity contribution in [1.29, 1.82) is 0 Å². The minimum atomic E-state index is -0.973. The predicted octanol–water partition coefficient (Wildman–Crippen LogP) is 1.17. The Morgan fingerprint density at radius 3 is 2.76 bits per heavy atom. The van der Waals surface area contributed by atoms with Crippen LogP contribution in [0.15, 0.2) is 30.3 Å². The highest BCUT2D eigenvalue weighted by molar-refractivity contribution is 5.87. The molecule has 2 heterocycles. The number of nitrogens with zero attached hydrogens (tertiary/aromatic N) is 2. The number of aromatic carboxylic acids is 1. The standard InChI is InChI=1S/C12H11N3O2/c16-12(17)11-9-6-13-7-10(9)15(14-11)8-4-2-1-3-5-8/h1-5,13H,6-7H2,(H,16,17). The highest BCUT2D eigenvalue weighted by atomic mass is 16.4. The minimum Gasteiger partial charge on any atom is -0.476 e. The number of aromatic nitrogens is 2. The first-order valence-electron chi connectivity index (χ1n) is 5.37. The van der Waals surface area contributed by atoms with Crippen LogP contribution in [0.3, 0.4) is 0 Å². The molecule has 0 atom stereocenters. The Balaban J connectivity index is 2.19. The van der Waals surface area contributed by atoms with E-state index < -0.39 is 5.97 Å². The number of hydrogen-bond donors (Lipinski definition) is 2. The van der Waals surface area contributed by atoms with Gasteiger partial charge in [-0.3, -0.25) is 0 Å². The Morgan fingerprint density at radius 2 is 2.06 bits per heavy atom. The Hall–Kier alpha value is -2.14. The predicted molar refractivity (Wildman–Crippen MR) is 61.1 cm³/mol. The smallest absolute Gasteiger partial charge is 0.356 e. The van der Waals surface area contributed by atoms with E-state index in [0.717, 1.165) is 16.9 Å². The molecule has 1 aliphatic rings. The highest BCUT2D eigenvalue weighted by Gasteiger charge is 2.26. The van der Waals surface area contributed by atoms with E-state index in [-0.39, 0.29) is 5.69 Å². The quantitative estimate of drug-likeness (QED) is 0.811. The first-order valence-corrected chi connectivity index (χ1v) is 5.37. The van der Waals surface area contributed by atoms with Crippen molar-refractivity contribution >= 4 is 5.97 Å². The van der Waals surface area contributed by atoms with Crippen LogP contribution in [-0.2, 0) is 13.1 Å². The summed E-state index contributed by atoms with van der Waals surface area (Å²) in [6, 6.07) is 9.57. The molecule has 0 spiro atoms. The van der Waals surface area contributed by atoms with Crippen LogP contribution in [0.5, 0.6) is 0 Å². The van der Waals surface area contributed by atoms with E-state index in [2.05, 4.69) is 10.4 Å². The lowest BCUT2D eigenvalue weighted by Gasteiger charge is -2.04. The van der Waals surface area contributed by atoms with Crippen LogP contribution in [0, 0.1) is 0 Å². The molecule has 0 aliphatic carbocycles. The van der Waals surface area contributed by atoms with Gasteiger partial charge in [-0.2, -0.15) is 5.10 Å². The second-order valence-electron chi connectivity index (χ2n) is 3.93. The van der Waals surface area contributed by atoms with Gasteiger partial charge in [-0.1, -0.05) is 18.2 Å². The Labute approximate surface area is 97.7 Å². The lowest BCUT2D eigenvalue weighted by atomic mass is 10.2. The molecule has 0 amide bonds. The van der Waals surface area contributed by atoms with Crippen LogP contribution in [0.2, 0.25) is 0 Å². The number of para-hydroxylation sites is 1. The Kier molecular flexibility index (Phi) is 2.19. The van der Waals surface area contributed by atoms with Gasteiger partial charge in [0.2, 0.25) is 0 Å². The van der Waals surface area contributed by atoms with Gasteiger partial charge >= 0.3 is 5.97 Å². The molecule has 0 saturated heterocycles. The van der Waals surface area contributed by atoms with Crippen molar-refractivity contribution in [3.8, 4) is 5.69 Å². The fourth-order valence-electron chi connectivity index (χ4n) is 2.11. The molecule has 3 rings (SSSR count). The molecule has 17 heavy (non-hydrogen) atoms. The van der Waals surface area contributed by atoms with Gasteiger partial charge in [-0.15, -0.1) is 0 Å². The molecule has 2 N–H and O–H groups in total. The zero-order valence-electron chi connectivity index (χ0n) is 9.05. The van der Waals surface area contributed by atoms with E-state index in [1.165, 1.54) is 0 Å². The molecule has 5 heteroatoms. The SMILES string of the molecule is O=C(O)c1nn(-c2ccccc2)c2c1CNC2. The van der Waals surface area contributed by atoms with Gasteiger partial charge in [-0.25, -0.2) is 9.48 Å². The summed E-state index contributed by atoms with van der Waals surface area (Å²) in [5.74, 6) is -0.973. The summed E-state index contributed by atoms with van der Waals surface area (Å²) in [7, 11) is 0. The average molecular weight is 229 g/mol. The van der Waals surface area contributed by atoms with Crippen molar-refractivity contribution in [2.45, 2.75) is 13.1 Å². The lowest BCUT2D eigenvalue weighted by Crippen LogP contribution is -2.10. The highest BCUT2D eigenvalue weighted by Crippen LogP contribution is 2.22. The van der Waals surface area contributed by atoms with Gasteiger partial charge in [0.25, 0.3) is 0 Å². The Bertz CT molecular complexity index is 575. The summed E-state index contributed by atoms with van der Waals surface area (Å²) in [6.45, 7) is 1.23. The average Bonchev–Trinajstić information content (AvgIpc) is 2.90. The second-order valence-corrected chi connectivity index (χ2v) is 3.93. The third kappa shape index (κ3) is 1.52. The van der Waals surface area contributed by atoms with Crippen molar-refractivity contribution in [2.24, 2.45) is 0 Å². The molecule has 0 unspecified atom stereocenters. The van der Waals surface area contributed by atoms with Crippen molar-refractivity contribution in [1.82, 2.24) is 15.1 Å². The van der Waals surface area contributed by atoms with E-state index >= 15 is 0 Å². The third-order valence-electron chi connectivity index (χ3n) is 2.89.